The van der Waals surface area contributed by atoms with Crippen molar-refractivity contribution in [2.75, 3.05) is 6.54 Å². The predicted octanol–water partition coefficient (Wildman–Crippen LogP) is 2.87. The molecular formula is C11H19NOS. The Morgan fingerprint density at radius 1 is 1.50 bits per heavy atom. The van der Waals surface area contributed by atoms with Crippen molar-refractivity contribution in [2.24, 2.45) is 5.73 Å². The zero-order chi connectivity index (χ0) is 10.6. The minimum Gasteiger partial charge on any atom is -0.368 e. The minimum atomic E-state index is 0.0728. The van der Waals surface area contributed by atoms with Gasteiger partial charge in [-0.1, -0.05) is 6.92 Å². The molecule has 0 saturated carbocycles. The number of hydrogen-bond acceptors (Lipinski definition) is 3. The first-order chi connectivity index (χ1) is 6.67. The van der Waals surface area contributed by atoms with E-state index in [-0.39, 0.29) is 12.2 Å². The van der Waals surface area contributed by atoms with Gasteiger partial charge in [0.15, 0.2) is 0 Å². The lowest BCUT2D eigenvalue weighted by Crippen LogP contribution is -2.19. The SMILES string of the molecule is CCC(C)OC(CN)c1ccc(C)s1. The van der Waals surface area contributed by atoms with Crippen LogP contribution in [0.25, 0.3) is 0 Å². The summed E-state index contributed by atoms with van der Waals surface area (Å²) in [6.07, 6.45) is 1.38. The van der Waals surface area contributed by atoms with Crippen LogP contribution in [0.1, 0.15) is 36.1 Å². The first-order valence-corrected chi connectivity index (χ1v) is 5.90. The van der Waals surface area contributed by atoms with Gasteiger partial charge in [0.1, 0.15) is 6.10 Å². The molecule has 2 unspecified atom stereocenters. The summed E-state index contributed by atoms with van der Waals surface area (Å²) in [6, 6.07) is 4.22. The molecule has 1 heterocycles. The molecular weight excluding hydrogens is 194 g/mol. The van der Waals surface area contributed by atoms with Crippen molar-refractivity contribution in [1.29, 1.82) is 0 Å². The highest BCUT2D eigenvalue weighted by Gasteiger charge is 2.14. The van der Waals surface area contributed by atoms with Gasteiger partial charge in [-0.3, -0.25) is 0 Å². The lowest BCUT2D eigenvalue weighted by Gasteiger charge is -2.19. The van der Waals surface area contributed by atoms with E-state index < -0.39 is 0 Å². The average molecular weight is 213 g/mol. The maximum Gasteiger partial charge on any atom is 0.104 e. The molecule has 1 aromatic rings. The third kappa shape index (κ3) is 3.08. The standard InChI is InChI=1S/C11H19NOS/c1-4-8(2)13-10(7-12)11-6-5-9(3)14-11/h5-6,8,10H,4,7,12H2,1-3H3. The Morgan fingerprint density at radius 2 is 2.21 bits per heavy atom. The number of aryl methyl sites for hydroxylation is 1. The van der Waals surface area contributed by atoms with E-state index in [1.165, 1.54) is 9.75 Å². The van der Waals surface area contributed by atoms with Crippen molar-refractivity contribution in [1.82, 2.24) is 0 Å². The Hall–Kier alpha value is -0.380. The highest BCUT2D eigenvalue weighted by Crippen LogP contribution is 2.26. The van der Waals surface area contributed by atoms with Crippen LogP contribution >= 0.6 is 11.3 Å². The molecule has 0 fully saturated rings. The third-order valence-electron chi connectivity index (χ3n) is 2.26. The molecule has 0 aromatic carbocycles. The zero-order valence-corrected chi connectivity index (χ0v) is 9.93. The van der Waals surface area contributed by atoms with Crippen LogP contribution < -0.4 is 5.73 Å². The van der Waals surface area contributed by atoms with E-state index in [4.69, 9.17) is 10.5 Å². The van der Waals surface area contributed by atoms with Crippen molar-refractivity contribution in [3.63, 3.8) is 0 Å². The van der Waals surface area contributed by atoms with Gasteiger partial charge < -0.3 is 10.5 Å². The normalized spacial score (nSPS) is 15.4. The van der Waals surface area contributed by atoms with E-state index in [1.54, 1.807) is 11.3 Å². The lowest BCUT2D eigenvalue weighted by molar-refractivity contribution is 0.00190. The Labute approximate surface area is 90.1 Å². The molecule has 0 spiro atoms. The molecule has 2 N–H and O–H groups in total. The quantitative estimate of drug-likeness (QED) is 0.816. The van der Waals surface area contributed by atoms with Crippen LogP contribution in [0.15, 0.2) is 12.1 Å². The molecule has 0 bridgehead atoms. The molecule has 0 aliphatic rings. The van der Waals surface area contributed by atoms with Crippen LogP contribution in [0.3, 0.4) is 0 Å². The van der Waals surface area contributed by atoms with E-state index >= 15 is 0 Å². The van der Waals surface area contributed by atoms with E-state index in [2.05, 4.69) is 32.9 Å². The molecule has 80 valence electrons. The predicted molar refractivity (Wildman–Crippen MR) is 61.7 cm³/mol. The summed E-state index contributed by atoms with van der Waals surface area (Å²) < 4.78 is 5.83. The number of thiophene rings is 1. The third-order valence-corrected chi connectivity index (χ3v) is 3.36. The second-order valence-corrected chi connectivity index (χ2v) is 4.85. The summed E-state index contributed by atoms with van der Waals surface area (Å²) >= 11 is 1.77. The van der Waals surface area contributed by atoms with Gasteiger partial charge in [0.25, 0.3) is 0 Å². The summed E-state index contributed by atoms with van der Waals surface area (Å²) in [5.74, 6) is 0. The number of hydrogen-bond donors (Lipinski definition) is 1. The monoisotopic (exact) mass is 213 g/mol. The molecule has 1 rings (SSSR count). The molecule has 3 heteroatoms. The van der Waals surface area contributed by atoms with Gasteiger partial charge in [-0.05, 0) is 32.4 Å². The van der Waals surface area contributed by atoms with Crippen molar-refractivity contribution in [2.45, 2.75) is 39.4 Å². The van der Waals surface area contributed by atoms with Crippen molar-refractivity contribution < 1.29 is 4.74 Å². The average Bonchev–Trinajstić information content (AvgIpc) is 2.60. The number of nitrogens with two attached hydrogens (primary N) is 1. The van der Waals surface area contributed by atoms with Crippen molar-refractivity contribution >= 4 is 11.3 Å². The van der Waals surface area contributed by atoms with E-state index in [0.717, 1.165) is 6.42 Å². The van der Waals surface area contributed by atoms with Crippen molar-refractivity contribution in [3.8, 4) is 0 Å². The van der Waals surface area contributed by atoms with Crippen LogP contribution in [0.4, 0.5) is 0 Å². The highest BCUT2D eigenvalue weighted by atomic mass is 32.1. The summed E-state index contributed by atoms with van der Waals surface area (Å²) in [5.41, 5.74) is 5.70. The van der Waals surface area contributed by atoms with Gasteiger partial charge in [-0.25, -0.2) is 0 Å². The van der Waals surface area contributed by atoms with Gasteiger partial charge in [0.2, 0.25) is 0 Å². The van der Waals surface area contributed by atoms with E-state index in [1.807, 2.05) is 0 Å². The molecule has 2 atom stereocenters. The van der Waals surface area contributed by atoms with E-state index in [9.17, 15) is 0 Å². The highest BCUT2D eigenvalue weighted by molar-refractivity contribution is 7.12. The van der Waals surface area contributed by atoms with Crippen LogP contribution in [-0.2, 0) is 4.74 Å². The zero-order valence-electron chi connectivity index (χ0n) is 9.12. The maximum absolute atomic E-state index is 5.83. The molecule has 0 amide bonds. The van der Waals surface area contributed by atoms with Gasteiger partial charge in [-0.2, -0.15) is 0 Å². The van der Waals surface area contributed by atoms with Crippen LogP contribution in [0, 0.1) is 6.92 Å². The molecule has 14 heavy (non-hydrogen) atoms. The number of ether oxygens (including phenoxy) is 1. The molecule has 0 saturated heterocycles. The van der Waals surface area contributed by atoms with Gasteiger partial charge in [0.05, 0.1) is 6.10 Å². The lowest BCUT2D eigenvalue weighted by atomic mass is 10.2. The fraction of sp³-hybridized carbons (Fsp3) is 0.636. The first kappa shape index (κ1) is 11.7. The Kier molecular flexibility index (Phi) is 4.58. The second-order valence-electron chi connectivity index (χ2n) is 3.53. The van der Waals surface area contributed by atoms with Crippen LogP contribution in [0.5, 0.6) is 0 Å². The van der Waals surface area contributed by atoms with Gasteiger partial charge >= 0.3 is 0 Å². The molecule has 0 aliphatic carbocycles. The number of rotatable bonds is 5. The Bertz CT molecular complexity index is 272. The Balaban J connectivity index is 2.62. The van der Waals surface area contributed by atoms with Crippen LogP contribution in [0.2, 0.25) is 0 Å². The summed E-state index contributed by atoms with van der Waals surface area (Å²) in [6.45, 7) is 6.87. The van der Waals surface area contributed by atoms with Crippen LogP contribution in [-0.4, -0.2) is 12.6 Å². The molecule has 0 aliphatic heterocycles. The van der Waals surface area contributed by atoms with Gasteiger partial charge in [0, 0.05) is 16.3 Å². The van der Waals surface area contributed by atoms with Gasteiger partial charge in [-0.15, -0.1) is 11.3 Å². The van der Waals surface area contributed by atoms with E-state index in [0.29, 0.717) is 6.54 Å². The molecule has 1 aromatic heterocycles. The second kappa shape index (κ2) is 5.49. The molecule has 0 radical (unpaired) electrons. The topological polar surface area (TPSA) is 35.2 Å². The summed E-state index contributed by atoms with van der Waals surface area (Å²) in [4.78, 5) is 2.55. The largest absolute Gasteiger partial charge is 0.368 e. The summed E-state index contributed by atoms with van der Waals surface area (Å²) in [7, 11) is 0. The maximum atomic E-state index is 5.83. The smallest absolute Gasteiger partial charge is 0.104 e. The first-order valence-electron chi connectivity index (χ1n) is 5.09. The Morgan fingerprint density at radius 3 is 2.64 bits per heavy atom. The summed E-state index contributed by atoms with van der Waals surface area (Å²) in [5, 5.41) is 0. The van der Waals surface area contributed by atoms with Crippen molar-refractivity contribution in [3.05, 3.63) is 21.9 Å². The fourth-order valence-corrected chi connectivity index (χ4v) is 2.17. The minimum absolute atomic E-state index is 0.0728. The fourth-order valence-electron chi connectivity index (χ4n) is 1.24. The molecule has 2 nitrogen and oxygen atoms in total.